The second-order valence-electron chi connectivity index (χ2n) is 5.12. The zero-order chi connectivity index (χ0) is 13.1. The van der Waals surface area contributed by atoms with Gasteiger partial charge in [0.05, 0.1) is 6.07 Å². The average molecular weight is 230 g/mol. The molecular weight excluding hydrogens is 212 g/mol. The van der Waals surface area contributed by atoms with E-state index in [1.807, 2.05) is 24.3 Å². The van der Waals surface area contributed by atoms with Crippen molar-refractivity contribution in [2.24, 2.45) is 0 Å². The van der Waals surface area contributed by atoms with E-state index in [1.165, 1.54) is 0 Å². The summed E-state index contributed by atoms with van der Waals surface area (Å²) in [5, 5.41) is 11.4. The number of carbonyl (C=O) groups excluding carboxylic acids is 1. The molecule has 1 atom stereocenters. The summed E-state index contributed by atoms with van der Waals surface area (Å²) in [5.41, 5.74) is 1.54. The van der Waals surface area contributed by atoms with Crippen LogP contribution in [0.3, 0.4) is 0 Å². The van der Waals surface area contributed by atoms with E-state index in [9.17, 15) is 4.79 Å². The molecule has 0 aromatic heterocycles. The van der Waals surface area contributed by atoms with Crippen LogP contribution in [-0.4, -0.2) is 11.9 Å². The third-order valence-corrected chi connectivity index (χ3v) is 2.52. The van der Waals surface area contributed by atoms with E-state index < -0.39 is 6.04 Å². The zero-order valence-electron chi connectivity index (χ0n) is 10.7. The highest BCUT2D eigenvalue weighted by atomic mass is 16.1. The van der Waals surface area contributed by atoms with Crippen molar-refractivity contribution in [2.45, 2.75) is 39.2 Å². The maximum Gasteiger partial charge on any atom is 0.252 e. The predicted octanol–water partition coefficient (Wildman–Crippen LogP) is 2.63. The molecule has 0 saturated heterocycles. The van der Waals surface area contributed by atoms with Crippen molar-refractivity contribution in [3.63, 3.8) is 0 Å². The topological polar surface area (TPSA) is 52.9 Å². The molecule has 0 radical (unpaired) electrons. The highest BCUT2D eigenvalue weighted by Gasteiger charge is 2.21. The van der Waals surface area contributed by atoms with Gasteiger partial charge in [-0.1, -0.05) is 39.0 Å². The summed E-state index contributed by atoms with van der Waals surface area (Å²) >= 11 is 0. The lowest BCUT2D eigenvalue weighted by Gasteiger charge is -2.22. The normalized spacial score (nSPS) is 12.6. The van der Waals surface area contributed by atoms with Gasteiger partial charge in [0.25, 0.3) is 5.91 Å². The van der Waals surface area contributed by atoms with E-state index >= 15 is 0 Å². The van der Waals surface area contributed by atoms with Gasteiger partial charge in [0.2, 0.25) is 0 Å². The second-order valence-corrected chi connectivity index (χ2v) is 5.12. The first kappa shape index (κ1) is 13.2. The molecule has 90 valence electrons. The van der Waals surface area contributed by atoms with E-state index in [-0.39, 0.29) is 11.3 Å². The van der Waals surface area contributed by atoms with Crippen LogP contribution in [0, 0.1) is 11.3 Å². The Balaban J connectivity index is 3.07. The fourth-order valence-electron chi connectivity index (χ4n) is 1.64. The van der Waals surface area contributed by atoms with Gasteiger partial charge >= 0.3 is 0 Å². The average Bonchev–Trinajstić information content (AvgIpc) is 2.27. The first-order valence-corrected chi connectivity index (χ1v) is 5.66. The maximum atomic E-state index is 12.0. The van der Waals surface area contributed by atoms with Gasteiger partial charge in [0.1, 0.15) is 6.04 Å². The minimum absolute atomic E-state index is 0.0934. The Morgan fingerprint density at radius 1 is 1.35 bits per heavy atom. The number of carbonyl (C=O) groups is 1. The van der Waals surface area contributed by atoms with E-state index in [0.717, 1.165) is 5.56 Å². The number of nitriles is 1. The molecular formula is C14H18N2O. The standard InChI is InChI=1S/C14H18N2O/c1-10(9-15)16-13(17)11-7-5-6-8-12(11)14(2,3)4/h5-8,10H,1-4H3,(H,16,17). The first-order chi connectivity index (χ1) is 7.86. The van der Waals surface area contributed by atoms with Crippen LogP contribution in [0.1, 0.15) is 43.6 Å². The Kier molecular flexibility index (Phi) is 3.90. The van der Waals surface area contributed by atoms with Crippen molar-refractivity contribution in [2.75, 3.05) is 0 Å². The van der Waals surface area contributed by atoms with Gasteiger partial charge in [0.15, 0.2) is 0 Å². The Morgan fingerprint density at radius 2 is 1.94 bits per heavy atom. The van der Waals surface area contributed by atoms with E-state index in [4.69, 9.17) is 5.26 Å². The number of hydrogen-bond acceptors (Lipinski definition) is 2. The molecule has 0 aliphatic heterocycles. The molecule has 0 spiro atoms. The molecule has 0 bridgehead atoms. The summed E-state index contributed by atoms with van der Waals surface area (Å²) in [6.45, 7) is 7.85. The van der Waals surface area contributed by atoms with Crippen molar-refractivity contribution < 1.29 is 4.79 Å². The fourth-order valence-corrected chi connectivity index (χ4v) is 1.64. The van der Waals surface area contributed by atoms with Crippen LogP contribution in [0.2, 0.25) is 0 Å². The minimum atomic E-state index is -0.476. The van der Waals surface area contributed by atoms with Crippen LogP contribution in [-0.2, 0) is 5.41 Å². The Bertz CT molecular complexity index is 452. The minimum Gasteiger partial charge on any atom is -0.337 e. The third-order valence-electron chi connectivity index (χ3n) is 2.52. The summed E-state index contributed by atoms with van der Waals surface area (Å²) < 4.78 is 0. The van der Waals surface area contributed by atoms with Gasteiger partial charge in [-0.3, -0.25) is 4.79 Å². The van der Waals surface area contributed by atoms with Crippen LogP contribution in [0.4, 0.5) is 0 Å². The molecule has 17 heavy (non-hydrogen) atoms. The molecule has 3 nitrogen and oxygen atoms in total. The van der Waals surface area contributed by atoms with Gasteiger partial charge < -0.3 is 5.32 Å². The molecule has 1 amide bonds. The SMILES string of the molecule is CC(C#N)NC(=O)c1ccccc1C(C)(C)C. The highest BCUT2D eigenvalue weighted by molar-refractivity contribution is 5.96. The van der Waals surface area contributed by atoms with Crippen molar-refractivity contribution in [3.05, 3.63) is 35.4 Å². The molecule has 1 rings (SSSR count). The maximum absolute atomic E-state index is 12.0. The van der Waals surface area contributed by atoms with Crippen molar-refractivity contribution in [1.82, 2.24) is 5.32 Å². The number of nitrogens with zero attached hydrogens (tertiary/aromatic N) is 1. The summed E-state index contributed by atoms with van der Waals surface area (Å²) in [6, 6.07) is 9.01. The van der Waals surface area contributed by atoms with Gasteiger partial charge in [-0.2, -0.15) is 5.26 Å². The quantitative estimate of drug-likeness (QED) is 0.849. The number of nitrogens with one attached hydrogen (secondary N) is 1. The van der Waals surface area contributed by atoms with Crippen LogP contribution >= 0.6 is 0 Å². The Labute approximate surface area is 102 Å². The molecule has 1 unspecified atom stereocenters. The number of amides is 1. The summed E-state index contributed by atoms with van der Waals surface area (Å²) in [4.78, 5) is 12.0. The molecule has 0 aliphatic carbocycles. The lowest BCUT2D eigenvalue weighted by Crippen LogP contribution is -2.33. The number of rotatable bonds is 2. The number of hydrogen-bond donors (Lipinski definition) is 1. The molecule has 0 aliphatic rings. The van der Waals surface area contributed by atoms with Gasteiger partial charge in [0, 0.05) is 5.56 Å². The largest absolute Gasteiger partial charge is 0.337 e. The zero-order valence-corrected chi connectivity index (χ0v) is 10.7. The highest BCUT2D eigenvalue weighted by Crippen LogP contribution is 2.25. The second kappa shape index (κ2) is 5.01. The van der Waals surface area contributed by atoms with Crippen LogP contribution in [0.25, 0.3) is 0 Å². The van der Waals surface area contributed by atoms with Crippen LogP contribution < -0.4 is 5.32 Å². The molecule has 0 heterocycles. The smallest absolute Gasteiger partial charge is 0.252 e. The lowest BCUT2D eigenvalue weighted by atomic mass is 9.83. The Hall–Kier alpha value is -1.82. The van der Waals surface area contributed by atoms with E-state index in [1.54, 1.807) is 13.0 Å². The van der Waals surface area contributed by atoms with E-state index in [2.05, 4.69) is 26.1 Å². The monoisotopic (exact) mass is 230 g/mol. The van der Waals surface area contributed by atoms with Crippen LogP contribution in [0.15, 0.2) is 24.3 Å². The lowest BCUT2D eigenvalue weighted by molar-refractivity contribution is 0.0945. The molecule has 0 saturated carbocycles. The molecule has 1 aromatic carbocycles. The Morgan fingerprint density at radius 3 is 2.47 bits per heavy atom. The molecule has 1 N–H and O–H groups in total. The summed E-state index contributed by atoms with van der Waals surface area (Å²) in [6.07, 6.45) is 0. The molecule has 0 fully saturated rings. The van der Waals surface area contributed by atoms with E-state index in [0.29, 0.717) is 5.56 Å². The summed E-state index contributed by atoms with van der Waals surface area (Å²) in [7, 11) is 0. The van der Waals surface area contributed by atoms with Crippen molar-refractivity contribution >= 4 is 5.91 Å². The molecule has 1 aromatic rings. The third kappa shape index (κ3) is 3.32. The van der Waals surface area contributed by atoms with Gasteiger partial charge in [-0.05, 0) is 24.0 Å². The fraction of sp³-hybridized carbons (Fsp3) is 0.429. The van der Waals surface area contributed by atoms with Gasteiger partial charge in [-0.25, -0.2) is 0 Å². The first-order valence-electron chi connectivity index (χ1n) is 5.66. The molecule has 3 heteroatoms. The predicted molar refractivity (Wildman–Crippen MR) is 67.7 cm³/mol. The van der Waals surface area contributed by atoms with Crippen molar-refractivity contribution in [3.8, 4) is 6.07 Å². The van der Waals surface area contributed by atoms with Crippen LogP contribution in [0.5, 0.6) is 0 Å². The van der Waals surface area contributed by atoms with Crippen molar-refractivity contribution in [1.29, 1.82) is 5.26 Å². The summed E-state index contributed by atoms with van der Waals surface area (Å²) in [5.74, 6) is -0.190. The van der Waals surface area contributed by atoms with Gasteiger partial charge in [-0.15, -0.1) is 0 Å². The number of benzene rings is 1.